The van der Waals surface area contributed by atoms with Crippen LogP contribution in [0.5, 0.6) is 5.75 Å². The Morgan fingerprint density at radius 2 is 2.09 bits per heavy atom. The summed E-state index contributed by atoms with van der Waals surface area (Å²) in [5.41, 5.74) is 1.45. The van der Waals surface area contributed by atoms with Crippen LogP contribution in [0.3, 0.4) is 0 Å². The molecule has 126 valence electrons. The number of nitrogens with zero attached hydrogens (tertiary/aromatic N) is 2. The lowest BCUT2D eigenvalue weighted by atomic mass is 9.96. The van der Waals surface area contributed by atoms with Gasteiger partial charge in [0.2, 0.25) is 5.89 Å². The van der Waals surface area contributed by atoms with Gasteiger partial charge in [0.15, 0.2) is 5.82 Å². The van der Waals surface area contributed by atoms with Crippen LogP contribution in [-0.4, -0.2) is 21.9 Å². The van der Waals surface area contributed by atoms with E-state index in [9.17, 15) is 5.11 Å². The molecule has 6 heteroatoms. The number of hydrogen-bond acceptors (Lipinski definition) is 6. The first-order valence-electron chi connectivity index (χ1n) is 7.82. The quantitative estimate of drug-likeness (QED) is 0.849. The van der Waals surface area contributed by atoms with Gasteiger partial charge in [-0.05, 0) is 32.0 Å². The Hall–Kier alpha value is -2.08. The molecule has 0 bridgehead atoms. The molecular weight excluding hydrogens is 294 g/mol. The third-order valence-electron chi connectivity index (χ3n) is 3.40. The van der Waals surface area contributed by atoms with Crippen LogP contribution >= 0.6 is 0 Å². The number of nitrogens with one attached hydrogen (secondary N) is 1. The molecule has 1 aromatic heterocycles. The van der Waals surface area contributed by atoms with E-state index in [1.807, 2.05) is 52.8 Å². The van der Waals surface area contributed by atoms with Crippen molar-refractivity contribution in [1.82, 2.24) is 10.1 Å². The van der Waals surface area contributed by atoms with Crippen molar-refractivity contribution in [2.75, 3.05) is 11.9 Å². The minimum atomic E-state index is -0.148. The maximum atomic E-state index is 9.46. The zero-order valence-electron chi connectivity index (χ0n) is 14.4. The first-order chi connectivity index (χ1) is 10.8. The number of hydrogen-bond donors (Lipinski definition) is 2. The van der Waals surface area contributed by atoms with Crippen molar-refractivity contribution >= 4 is 5.69 Å². The second-order valence-corrected chi connectivity index (χ2v) is 6.49. The highest BCUT2D eigenvalue weighted by atomic mass is 16.5. The van der Waals surface area contributed by atoms with E-state index in [2.05, 4.69) is 15.5 Å². The number of rotatable bonds is 6. The van der Waals surface area contributed by atoms with Crippen LogP contribution in [0, 0.1) is 0 Å². The number of benzene rings is 1. The largest absolute Gasteiger partial charge is 0.494 e. The topological polar surface area (TPSA) is 80.4 Å². The van der Waals surface area contributed by atoms with Crippen LogP contribution in [0.2, 0.25) is 0 Å². The lowest BCUT2D eigenvalue weighted by molar-refractivity contribution is 0.267. The standard InChI is InChI=1S/C17H25N3O3/c1-6-22-14-8-7-13(9-12(14)10-21)18-11(2)15-19-16(20-23-15)17(3,4)5/h7-9,11,18,21H,6,10H2,1-5H3. The van der Waals surface area contributed by atoms with E-state index in [4.69, 9.17) is 9.26 Å². The van der Waals surface area contributed by atoms with E-state index in [0.717, 1.165) is 11.3 Å². The Bertz CT molecular complexity index is 647. The normalized spacial score (nSPS) is 13.0. The average molecular weight is 319 g/mol. The highest BCUT2D eigenvalue weighted by Gasteiger charge is 2.23. The van der Waals surface area contributed by atoms with E-state index < -0.39 is 0 Å². The van der Waals surface area contributed by atoms with E-state index in [1.54, 1.807) is 0 Å². The second kappa shape index (κ2) is 7.00. The molecule has 1 atom stereocenters. The first kappa shape index (κ1) is 17.3. The number of anilines is 1. The van der Waals surface area contributed by atoms with Gasteiger partial charge in [-0.1, -0.05) is 25.9 Å². The Balaban J connectivity index is 2.13. The summed E-state index contributed by atoms with van der Waals surface area (Å²) >= 11 is 0. The van der Waals surface area contributed by atoms with Gasteiger partial charge in [0, 0.05) is 16.7 Å². The van der Waals surface area contributed by atoms with E-state index in [1.165, 1.54) is 0 Å². The highest BCUT2D eigenvalue weighted by molar-refractivity contribution is 5.51. The summed E-state index contributed by atoms with van der Waals surface area (Å²) in [7, 11) is 0. The van der Waals surface area contributed by atoms with Gasteiger partial charge in [0.25, 0.3) is 0 Å². The molecule has 0 aliphatic rings. The molecule has 1 unspecified atom stereocenters. The van der Waals surface area contributed by atoms with Gasteiger partial charge in [-0.3, -0.25) is 0 Å². The van der Waals surface area contributed by atoms with Crippen molar-refractivity contribution in [3.8, 4) is 5.75 Å². The van der Waals surface area contributed by atoms with Crippen molar-refractivity contribution in [3.63, 3.8) is 0 Å². The van der Waals surface area contributed by atoms with Gasteiger partial charge in [0.05, 0.1) is 13.2 Å². The maximum absolute atomic E-state index is 9.46. The Morgan fingerprint density at radius 1 is 1.35 bits per heavy atom. The van der Waals surface area contributed by atoms with Crippen molar-refractivity contribution in [3.05, 3.63) is 35.5 Å². The van der Waals surface area contributed by atoms with Crippen LogP contribution in [-0.2, 0) is 12.0 Å². The summed E-state index contributed by atoms with van der Waals surface area (Å²) in [6, 6.07) is 5.48. The third kappa shape index (κ3) is 4.22. The monoisotopic (exact) mass is 319 g/mol. The minimum Gasteiger partial charge on any atom is -0.494 e. The Kier molecular flexibility index (Phi) is 5.26. The molecule has 0 fully saturated rings. The smallest absolute Gasteiger partial charge is 0.248 e. The van der Waals surface area contributed by atoms with Gasteiger partial charge in [0.1, 0.15) is 11.8 Å². The third-order valence-corrected chi connectivity index (χ3v) is 3.40. The zero-order valence-corrected chi connectivity index (χ0v) is 14.4. The summed E-state index contributed by atoms with van der Waals surface area (Å²) in [6.45, 7) is 10.5. The second-order valence-electron chi connectivity index (χ2n) is 6.49. The first-order valence-corrected chi connectivity index (χ1v) is 7.82. The molecule has 0 saturated heterocycles. The summed E-state index contributed by atoms with van der Waals surface area (Å²) in [5.74, 6) is 1.92. The van der Waals surface area contributed by atoms with Gasteiger partial charge in [-0.2, -0.15) is 4.98 Å². The van der Waals surface area contributed by atoms with Gasteiger partial charge in [-0.15, -0.1) is 0 Å². The van der Waals surface area contributed by atoms with Crippen LogP contribution < -0.4 is 10.1 Å². The molecule has 0 aliphatic heterocycles. The lowest BCUT2D eigenvalue weighted by Gasteiger charge is -2.15. The molecule has 23 heavy (non-hydrogen) atoms. The number of aromatic nitrogens is 2. The molecular formula is C17H25N3O3. The van der Waals surface area contributed by atoms with Crippen molar-refractivity contribution in [2.24, 2.45) is 0 Å². The fourth-order valence-corrected chi connectivity index (χ4v) is 2.12. The van der Waals surface area contributed by atoms with Crippen LogP contribution in [0.15, 0.2) is 22.7 Å². The molecule has 2 N–H and O–H groups in total. The molecule has 0 aliphatic carbocycles. The minimum absolute atomic E-state index is 0.0754. The number of aliphatic hydroxyl groups is 1. The number of ether oxygens (including phenoxy) is 1. The summed E-state index contributed by atoms with van der Waals surface area (Å²) < 4.78 is 10.8. The van der Waals surface area contributed by atoms with Crippen LogP contribution in [0.4, 0.5) is 5.69 Å². The number of aliphatic hydroxyl groups excluding tert-OH is 1. The lowest BCUT2D eigenvalue weighted by Crippen LogP contribution is -2.14. The van der Waals surface area contributed by atoms with Gasteiger partial charge >= 0.3 is 0 Å². The molecule has 2 rings (SSSR count). The van der Waals surface area contributed by atoms with Crippen molar-refractivity contribution in [1.29, 1.82) is 0 Å². The fraction of sp³-hybridized carbons (Fsp3) is 0.529. The summed E-state index contributed by atoms with van der Waals surface area (Å²) in [5, 5.41) is 16.8. The zero-order chi connectivity index (χ0) is 17.0. The maximum Gasteiger partial charge on any atom is 0.248 e. The highest BCUT2D eigenvalue weighted by Crippen LogP contribution is 2.26. The molecule has 0 amide bonds. The molecule has 0 spiro atoms. The molecule has 0 radical (unpaired) electrons. The molecule has 2 aromatic rings. The van der Waals surface area contributed by atoms with E-state index in [-0.39, 0.29) is 18.1 Å². The predicted molar refractivity (Wildman–Crippen MR) is 88.6 cm³/mol. The molecule has 1 aromatic carbocycles. The van der Waals surface area contributed by atoms with Gasteiger partial charge < -0.3 is 19.7 Å². The van der Waals surface area contributed by atoms with Gasteiger partial charge in [-0.25, -0.2) is 0 Å². The van der Waals surface area contributed by atoms with E-state index >= 15 is 0 Å². The Morgan fingerprint density at radius 3 is 2.65 bits per heavy atom. The fourth-order valence-electron chi connectivity index (χ4n) is 2.12. The van der Waals surface area contributed by atoms with Crippen molar-refractivity contribution < 1.29 is 14.4 Å². The molecule has 6 nitrogen and oxygen atoms in total. The van der Waals surface area contributed by atoms with E-state index in [0.29, 0.717) is 24.1 Å². The summed E-state index contributed by atoms with van der Waals surface area (Å²) in [6.07, 6.45) is 0. The SMILES string of the molecule is CCOc1ccc(NC(C)c2nc(C(C)(C)C)no2)cc1CO. The molecule has 0 saturated carbocycles. The van der Waals surface area contributed by atoms with Crippen LogP contribution in [0.1, 0.15) is 57.9 Å². The summed E-state index contributed by atoms with van der Waals surface area (Å²) in [4.78, 5) is 4.45. The average Bonchev–Trinajstić information content (AvgIpc) is 2.99. The van der Waals surface area contributed by atoms with Crippen molar-refractivity contribution in [2.45, 2.75) is 52.7 Å². The predicted octanol–water partition coefficient (Wildman–Crippen LogP) is 3.43. The van der Waals surface area contributed by atoms with Crippen LogP contribution in [0.25, 0.3) is 0 Å². The Labute approximate surface area is 136 Å². The molecule has 1 heterocycles.